The second kappa shape index (κ2) is 4.63. The quantitative estimate of drug-likeness (QED) is 0.841. The predicted molar refractivity (Wildman–Crippen MR) is 47.6 cm³/mol. The van der Waals surface area contributed by atoms with E-state index in [0.29, 0.717) is 0 Å². The summed E-state index contributed by atoms with van der Waals surface area (Å²) in [6.45, 7) is -0.681. The Morgan fingerprint density at radius 3 is 2.53 bits per heavy atom. The first-order valence-electron chi connectivity index (χ1n) is 3.87. The molecule has 0 aliphatic heterocycles. The smallest absolute Gasteiger partial charge is 0.382 e. The minimum Gasteiger partial charge on any atom is -0.382 e. The van der Waals surface area contributed by atoms with Crippen molar-refractivity contribution in [3.05, 3.63) is 17.3 Å². The van der Waals surface area contributed by atoms with Crippen LogP contribution in [0, 0.1) is 0 Å². The van der Waals surface area contributed by atoms with E-state index in [1.54, 1.807) is 0 Å². The van der Waals surface area contributed by atoms with Gasteiger partial charge in [0.05, 0.1) is 6.54 Å². The maximum Gasteiger partial charge on any atom is 0.416 e. The summed E-state index contributed by atoms with van der Waals surface area (Å²) in [5.41, 5.74) is 0. The molecule has 0 saturated carbocycles. The minimum atomic E-state index is -4.65. The van der Waals surface area contributed by atoms with Gasteiger partial charge in [-0.2, -0.15) is 13.2 Å². The Balaban J connectivity index is 2.47. The fourth-order valence-electron chi connectivity index (χ4n) is 0.727. The van der Waals surface area contributed by atoms with Gasteiger partial charge in [0.2, 0.25) is 0 Å². The number of aliphatic hydroxyl groups excluding tert-OH is 1. The molecular weight excluding hydrogens is 235 g/mol. The number of aliphatic hydroxyl groups is 1. The van der Waals surface area contributed by atoms with Gasteiger partial charge in [-0.1, -0.05) is 11.6 Å². The molecule has 0 spiro atoms. The van der Waals surface area contributed by atoms with E-state index in [9.17, 15) is 13.2 Å². The number of nitrogens with one attached hydrogen (secondary N) is 1. The van der Waals surface area contributed by atoms with Gasteiger partial charge in [0.15, 0.2) is 11.3 Å². The van der Waals surface area contributed by atoms with Crippen molar-refractivity contribution in [2.75, 3.05) is 11.9 Å². The first-order valence-corrected chi connectivity index (χ1v) is 4.25. The molecule has 1 heterocycles. The van der Waals surface area contributed by atoms with Gasteiger partial charge in [-0.25, -0.2) is 0 Å². The Labute approximate surface area is 88.1 Å². The van der Waals surface area contributed by atoms with Crippen molar-refractivity contribution in [1.29, 1.82) is 0 Å². The topological polar surface area (TPSA) is 58.0 Å². The van der Waals surface area contributed by atoms with Crippen molar-refractivity contribution in [2.45, 2.75) is 12.3 Å². The van der Waals surface area contributed by atoms with Crippen LogP contribution in [0.3, 0.4) is 0 Å². The molecule has 0 bridgehead atoms. The second-order valence-corrected chi connectivity index (χ2v) is 3.07. The number of hydrogen-bond donors (Lipinski definition) is 2. The van der Waals surface area contributed by atoms with Gasteiger partial charge < -0.3 is 10.4 Å². The fraction of sp³-hybridized carbons (Fsp3) is 0.429. The van der Waals surface area contributed by atoms with Crippen molar-refractivity contribution in [2.24, 2.45) is 0 Å². The van der Waals surface area contributed by atoms with Gasteiger partial charge in [0, 0.05) is 0 Å². The van der Waals surface area contributed by atoms with Crippen LogP contribution in [-0.4, -0.2) is 34.1 Å². The number of nitrogens with zero attached hydrogens (tertiary/aromatic N) is 2. The molecule has 4 nitrogen and oxygen atoms in total. The molecule has 2 N–H and O–H groups in total. The summed E-state index contributed by atoms with van der Waals surface area (Å²) in [6, 6.07) is 2.73. The lowest BCUT2D eigenvalue weighted by Crippen LogP contribution is -2.35. The molecule has 8 heteroatoms. The zero-order valence-corrected chi connectivity index (χ0v) is 8.05. The number of hydrogen-bond acceptors (Lipinski definition) is 4. The lowest BCUT2D eigenvalue weighted by Gasteiger charge is -2.14. The first kappa shape index (κ1) is 12.0. The van der Waals surface area contributed by atoms with Crippen LogP contribution in [0.25, 0.3) is 0 Å². The molecule has 0 aliphatic carbocycles. The van der Waals surface area contributed by atoms with Gasteiger partial charge in [-0.3, -0.25) is 0 Å². The van der Waals surface area contributed by atoms with Crippen LogP contribution in [0.15, 0.2) is 12.1 Å². The van der Waals surface area contributed by atoms with Gasteiger partial charge in [-0.05, 0) is 12.1 Å². The summed E-state index contributed by atoms with van der Waals surface area (Å²) in [6.07, 6.45) is -7.08. The molecule has 1 unspecified atom stereocenters. The monoisotopic (exact) mass is 241 g/mol. The molecule has 0 fully saturated rings. The van der Waals surface area contributed by atoms with Gasteiger partial charge in [0.1, 0.15) is 5.82 Å². The third kappa shape index (κ3) is 3.88. The molecule has 1 rings (SSSR count). The second-order valence-electron chi connectivity index (χ2n) is 2.68. The van der Waals surface area contributed by atoms with Crippen LogP contribution in [-0.2, 0) is 0 Å². The molecule has 15 heavy (non-hydrogen) atoms. The number of halogens is 4. The van der Waals surface area contributed by atoms with E-state index in [4.69, 9.17) is 16.7 Å². The maximum atomic E-state index is 11.9. The van der Waals surface area contributed by atoms with E-state index in [1.807, 2.05) is 0 Å². The molecule has 0 saturated heterocycles. The highest BCUT2D eigenvalue weighted by Crippen LogP contribution is 2.20. The average molecular weight is 242 g/mol. The SMILES string of the molecule is OC(CNc1ccc(Cl)nn1)C(F)(F)F. The zero-order chi connectivity index (χ0) is 11.5. The van der Waals surface area contributed by atoms with E-state index in [2.05, 4.69) is 15.5 Å². The Kier molecular flexibility index (Phi) is 3.70. The summed E-state index contributed by atoms with van der Waals surface area (Å²) in [5.74, 6) is 0.114. The van der Waals surface area contributed by atoms with Crippen LogP contribution in [0.1, 0.15) is 0 Å². The lowest BCUT2D eigenvalue weighted by atomic mass is 10.3. The molecule has 84 valence electrons. The standard InChI is InChI=1S/C7H7ClF3N3O/c8-5-1-2-6(14-13-5)12-3-4(15)7(9,10)11/h1-2,4,15H,3H2,(H,12,14). The largest absolute Gasteiger partial charge is 0.416 e. The third-order valence-electron chi connectivity index (χ3n) is 1.49. The molecule has 0 radical (unpaired) electrons. The fourth-order valence-corrected chi connectivity index (χ4v) is 0.828. The van der Waals surface area contributed by atoms with Crippen LogP contribution in [0.4, 0.5) is 19.0 Å². The normalized spacial score (nSPS) is 13.7. The highest BCUT2D eigenvalue weighted by atomic mass is 35.5. The Morgan fingerprint density at radius 1 is 1.40 bits per heavy atom. The van der Waals surface area contributed by atoms with Crippen LogP contribution in [0.5, 0.6) is 0 Å². The zero-order valence-electron chi connectivity index (χ0n) is 7.29. The summed E-state index contributed by atoms with van der Waals surface area (Å²) >= 11 is 5.42. The molecule has 1 atom stereocenters. The Hall–Kier alpha value is -1.08. The molecule has 0 aliphatic rings. The van der Waals surface area contributed by atoms with E-state index < -0.39 is 18.8 Å². The molecule has 1 aromatic rings. The van der Waals surface area contributed by atoms with E-state index in [0.717, 1.165) is 0 Å². The van der Waals surface area contributed by atoms with Crippen molar-refractivity contribution in [3.8, 4) is 0 Å². The summed E-state index contributed by atoms with van der Waals surface area (Å²) in [5, 5.41) is 17.9. The van der Waals surface area contributed by atoms with Crippen molar-refractivity contribution >= 4 is 17.4 Å². The summed E-state index contributed by atoms with van der Waals surface area (Å²) < 4.78 is 35.6. The predicted octanol–water partition coefficient (Wildman–Crippen LogP) is 1.47. The summed E-state index contributed by atoms with van der Waals surface area (Å²) in [4.78, 5) is 0. The first-order chi connectivity index (χ1) is 6.89. The van der Waals surface area contributed by atoms with Crippen molar-refractivity contribution in [3.63, 3.8) is 0 Å². The van der Waals surface area contributed by atoms with Gasteiger partial charge >= 0.3 is 6.18 Å². The molecule has 0 amide bonds. The molecule has 0 aromatic carbocycles. The van der Waals surface area contributed by atoms with Gasteiger partial charge in [0.25, 0.3) is 0 Å². The van der Waals surface area contributed by atoms with Crippen LogP contribution in [0.2, 0.25) is 5.15 Å². The Bertz CT molecular complexity index is 316. The molecular formula is C7H7ClF3N3O. The number of anilines is 1. The third-order valence-corrected chi connectivity index (χ3v) is 1.69. The number of rotatable bonds is 3. The highest BCUT2D eigenvalue weighted by molar-refractivity contribution is 6.29. The van der Waals surface area contributed by atoms with Gasteiger partial charge in [-0.15, -0.1) is 10.2 Å². The van der Waals surface area contributed by atoms with Crippen molar-refractivity contribution < 1.29 is 18.3 Å². The minimum absolute atomic E-state index is 0.114. The lowest BCUT2D eigenvalue weighted by molar-refractivity contribution is -0.198. The number of alkyl halides is 3. The van der Waals surface area contributed by atoms with E-state index in [1.165, 1.54) is 12.1 Å². The average Bonchev–Trinajstić information content (AvgIpc) is 2.15. The number of aromatic nitrogens is 2. The highest BCUT2D eigenvalue weighted by Gasteiger charge is 2.37. The van der Waals surface area contributed by atoms with E-state index in [-0.39, 0.29) is 11.0 Å². The van der Waals surface area contributed by atoms with Crippen LogP contribution < -0.4 is 5.32 Å². The molecule has 1 aromatic heterocycles. The Morgan fingerprint density at radius 2 is 2.07 bits per heavy atom. The van der Waals surface area contributed by atoms with E-state index >= 15 is 0 Å². The maximum absolute atomic E-state index is 11.9. The summed E-state index contributed by atoms with van der Waals surface area (Å²) in [7, 11) is 0. The van der Waals surface area contributed by atoms with Crippen molar-refractivity contribution in [1.82, 2.24) is 10.2 Å². The van der Waals surface area contributed by atoms with Crippen LogP contribution >= 0.6 is 11.6 Å².